The Bertz CT molecular complexity index is 479. The van der Waals surface area contributed by atoms with Gasteiger partial charge in [0.25, 0.3) is 10.0 Å². The standard InChI is InChI=1S/C9H10BrNO2S2/c1-4-7(3)11-15(12,13)8-5-6(2)9(10)14-8/h1,5,7,11H,2-3H3. The Morgan fingerprint density at radius 3 is 2.67 bits per heavy atom. The lowest BCUT2D eigenvalue weighted by Gasteiger charge is -2.06. The first-order valence-corrected chi connectivity index (χ1v) is 7.20. The number of sulfonamides is 1. The molecule has 15 heavy (non-hydrogen) atoms. The summed E-state index contributed by atoms with van der Waals surface area (Å²) >= 11 is 4.45. The van der Waals surface area contributed by atoms with Crippen LogP contribution in [0.4, 0.5) is 0 Å². The van der Waals surface area contributed by atoms with E-state index in [0.717, 1.165) is 9.35 Å². The molecule has 0 radical (unpaired) electrons. The van der Waals surface area contributed by atoms with Crippen LogP contribution < -0.4 is 4.72 Å². The Kier molecular flexibility index (Phi) is 3.95. The first kappa shape index (κ1) is 12.7. The third-order valence-corrected chi connectivity index (χ3v) is 5.83. The Balaban J connectivity index is 3.03. The Hall–Kier alpha value is -0.350. The summed E-state index contributed by atoms with van der Waals surface area (Å²) in [6.07, 6.45) is 5.11. The molecule has 0 amide bonds. The van der Waals surface area contributed by atoms with E-state index >= 15 is 0 Å². The van der Waals surface area contributed by atoms with E-state index in [-0.39, 0.29) is 4.21 Å². The average molecular weight is 308 g/mol. The molecule has 0 aliphatic rings. The molecule has 1 N–H and O–H groups in total. The van der Waals surface area contributed by atoms with Crippen LogP contribution in [0.2, 0.25) is 0 Å². The summed E-state index contributed by atoms with van der Waals surface area (Å²) in [4.78, 5) is 0. The second-order valence-corrected chi connectivity index (χ2v) is 7.34. The van der Waals surface area contributed by atoms with Crippen molar-refractivity contribution in [1.82, 2.24) is 4.72 Å². The number of hydrogen-bond acceptors (Lipinski definition) is 3. The third kappa shape index (κ3) is 3.05. The third-order valence-electron chi connectivity index (χ3n) is 1.68. The smallest absolute Gasteiger partial charge is 0.206 e. The summed E-state index contributed by atoms with van der Waals surface area (Å²) in [6.45, 7) is 3.46. The molecular weight excluding hydrogens is 298 g/mol. The lowest BCUT2D eigenvalue weighted by atomic mass is 10.4. The van der Waals surface area contributed by atoms with Crippen molar-refractivity contribution in [2.24, 2.45) is 0 Å². The Labute approximate surface area is 102 Å². The maximum atomic E-state index is 11.7. The highest BCUT2D eigenvalue weighted by atomic mass is 79.9. The summed E-state index contributed by atoms with van der Waals surface area (Å²) in [5.41, 5.74) is 0.897. The molecule has 0 aliphatic carbocycles. The number of thiophene rings is 1. The average Bonchev–Trinajstić information content (AvgIpc) is 2.47. The first-order valence-electron chi connectivity index (χ1n) is 4.11. The van der Waals surface area contributed by atoms with Gasteiger partial charge in [-0.1, -0.05) is 5.92 Å². The summed E-state index contributed by atoms with van der Waals surface area (Å²) in [5, 5.41) is 0. The number of nitrogens with one attached hydrogen (secondary N) is 1. The highest BCUT2D eigenvalue weighted by molar-refractivity contribution is 9.11. The van der Waals surface area contributed by atoms with Gasteiger partial charge in [-0.05, 0) is 41.4 Å². The maximum Gasteiger partial charge on any atom is 0.251 e. The fourth-order valence-corrected chi connectivity index (χ4v) is 4.30. The van der Waals surface area contributed by atoms with Gasteiger partial charge < -0.3 is 0 Å². The van der Waals surface area contributed by atoms with E-state index in [2.05, 4.69) is 26.6 Å². The van der Waals surface area contributed by atoms with Gasteiger partial charge in [0.2, 0.25) is 0 Å². The molecule has 1 heterocycles. The van der Waals surface area contributed by atoms with Crippen LogP contribution in [0.1, 0.15) is 12.5 Å². The minimum atomic E-state index is -3.48. The highest BCUT2D eigenvalue weighted by Crippen LogP contribution is 2.30. The van der Waals surface area contributed by atoms with Crippen molar-refractivity contribution in [1.29, 1.82) is 0 Å². The molecule has 0 saturated carbocycles. The largest absolute Gasteiger partial charge is 0.251 e. The molecule has 6 heteroatoms. The normalized spacial score (nSPS) is 13.5. The minimum absolute atomic E-state index is 0.272. The maximum absolute atomic E-state index is 11.7. The van der Waals surface area contributed by atoms with E-state index in [9.17, 15) is 8.42 Å². The van der Waals surface area contributed by atoms with Gasteiger partial charge in [-0.15, -0.1) is 17.8 Å². The lowest BCUT2D eigenvalue weighted by Crippen LogP contribution is -2.30. The number of halogens is 1. The van der Waals surface area contributed by atoms with Crippen molar-refractivity contribution in [3.05, 3.63) is 15.4 Å². The molecule has 1 aromatic rings. The molecule has 3 nitrogen and oxygen atoms in total. The molecule has 0 aromatic carbocycles. The van der Waals surface area contributed by atoms with Crippen molar-refractivity contribution in [2.75, 3.05) is 0 Å². The van der Waals surface area contributed by atoms with Crippen LogP contribution in [-0.2, 0) is 10.0 Å². The van der Waals surface area contributed by atoms with Crippen LogP contribution in [-0.4, -0.2) is 14.5 Å². The molecule has 0 spiro atoms. The van der Waals surface area contributed by atoms with Crippen molar-refractivity contribution in [3.8, 4) is 12.3 Å². The van der Waals surface area contributed by atoms with Gasteiger partial charge in [-0.25, -0.2) is 8.42 Å². The Morgan fingerprint density at radius 2 is 2.27 bits per heavy atom. The predicted molar refractivity (Wildman–Crippen MR) is 65.4 cm³/mol. The molecule has 0 bridgehead atoms. The van der Waals surface area contributed by atoms with E-state index in [1.807, 2.05) is 6.92 Å². The van der Waals surface area contributed by atoms with Crippen LogP contribution in [0, 0.1) is 19.3 Å². The summed E-state index contributed by atoms with van der Waals surface area (Å²) in [7, 11) is -3.48. The van der Waals surface area contributed by atoms with Crippen molar-refractivity contribution in [2.45, 2.75) is 24.1 Å². The minimum Gasteiger partial charge on any atom is -0.206 e. The zero-order chi connectivity index (χ0) is 11.6. The molecule has 1 atom stereocenters. The quantitative estimate of drug-likeness (QED) is 0.870. The molecule has 1 unspecified atom stereocenters. The second-order valence-electron chi connectivity index (χ2n) is 3.03. The Morgan fingerprint density at radius 1 is 1.67 bits per heavy atom. The van der Waals surface area contributed by atoms with E-state index < -0.39 is 16.1 Å². The zero-order valence-electron chi connectivity index (χ0n) is 8.24. The number of aryl methyl sites for hydroxylation is 1. The monoisotopic (exact) mass is 307 g/mol. The van der Waals surface area contributed by atoms with E-state index in [0.29, 0.717) is 0 Å². The van der Waals surface area contributed by atoms with Gasteiger partial charge >= 0.3 is 0 Å². The molecule has 0 aliphatic heterocycles. The molecule has 82 valence electrons. The van der Waals surface area contributed by atoms with Crippen molar-refractivity contribution < 1.29 is 8.42 Å². The van der Waals surface area contributed by atoms with Crippen molar-refractivity contribution >= 4 is 37.3 Å². The van der Waals surface area contributed by atoms with Gasteiger partial charge in [0.15, 0.2) is 0 Å². The van der Waals surface area contributed by atoms with Gasteiger partial charge in [-0.2, -0.15) is 4.72 Å². The first-order chi connectivity index (χ1) is 6.86. The van der Waals surface area contributed by atoms with Gasteiger partial charge in [0.1, 0.15) is 4.21 Å². The summed E-state index contributed by atoms with van der Waals surface area (Å²) in [5.74, 6) is 2.31. The summed E-state index contributed by atoms with van der Waals surface area (Å²) in [6, 6.07) is 1.11. The van der Waals surface area contributed by atoms with Gasteiger partial charge in [0.05, 0.1) is 9.83 Å². The molecule has 0 saturated heterocycles. The summed E-state index contributed by atoms with van der Waals surface area (Å²) < 4.78 is 27.0. The number of rotatable bonds is 3. The van der Waals surface area contributed by atoms with E-state index in [1.54, 1.807) is 13.0 Å². The van der Waals surface area contributed by atoms with Gasteiger partial charge in [-0.3, -0.25) is 0 Å². The second kappa shape index (κ2) is 4.66. The fraction of sp³-hybridized carbons (Fsp3) is 0.333. The zero-order valence-corrected chi connectivity index (χ0v) is 11.5. The SMILES string of the molecule is C#CC(C)NS(=O)(=O)c1cc(C)c(Br)s1. The highest BCUT2D eigenvalue weighted by Gasteiger charge is 2.19. The van der Waals surface area contributed by atoms with E-state index in [4.69, 9.17) is 6.42 Å². The van der Waals surface area contributed by atoms with Crippen LogP contribution in [0.25, 0.3) is 0 Å². The van der Waals surface area contributed by atoms with Gasteiger partial charge in [0, 0.05) is 0 Å². The predicted octanol–water partition coefficient (Wildman–Crippen LogP) is 2.12. The molecule has 1 aromatic heterocycles. The molecule has 1 rings (SSSR count). The van der Waals surface area contributed by atoms with Crippen LogP contribution in [0.5, 0.6) is 0 Å². The molecule has 0 fully saturated rings. The topological polar surface area (TPSA) is 46.2 Å². The van der Waals surface area contributed by atoms with Crippen LogP contribution in [0.3, 0.4) is 0 Å². The van der Waals surface area contributed by atoms with Crippen molar-refractivity contribution in [3.63, 3.8) is 0 Å². The van der Waals surface area contributed by atoms with Crippen LogP contribution >= 0.6 is 27.3 Å². The fourth-order valence-electron chi connectivity index (χ4n) is 0.889. The number of hydrogen-bond donors (Lipinski definition) is 1. The van der Waals surface area contributed by atoms with E-state index in [1.165, 1.54) is 11.3 Å². The molecular formula is C9H10BrNO2S2. The van der Waals surface area contributed by atoms with Crippen LogP contribution in [0.15, 0.2) is 14.1 Å². The lowest BCUT2D eigenvalue weighted by molar-refractivity contribution is 0.580. The number of terminal acetylenes is 1.